The Balaban J connectivity index is 1.94. The second-order valence-electron chi connectivity index (χ2n) is 6.18. The third kappa shape index (κ3) is 2.88. The lowest BCUT2D eigenvalue weighted by Gasteiger charge is -2.37. The van der Waals surface area contributed by atoms with Gasteiger partial charge in [0.2, 0.25) is 0 Å². The van der Waals surface area contributed by atoms with Crippen LogP contribution in [0.2, 0.25) is 0 Å². The predicted molar refractivity (Wildman–Crippen MR) is 89.7 cm³/mol. The number of anilines is 1. The minimum atomic E-state index is 0.394. The molecule has 0 aliphatic heterocycles. The second-order valence-corrected chi connectivity index (χ2v) is 6.18. The molecule has 1 aliphatic carbocycles. The van der Waals surface area contributed by atoms with E-state index >= 15 is 0 Å². The van der Waals surface area contributed by atoms with Crippen molar-refractivity contribution in [1.82, 2.24) is 4.98 Å². The third-order valence-corrected chi connectivity index (χ3v) is 4.68. The molecule has 0 atom stereocenters. The Morgan fingerprint density at radius 3 is 2.62 bits per heavy atom. The highest BCUT2D eigenvalue weighted by Gasteiger charge is 2.25. The number of benzene rings is 1. The molecule has 0 amide bonds. The molecular weight excluding hydrogens is 258 g/mol. The lowest BCUT2D eigenvalue weighted by molar-refractivity contribution is 0.376. The number of para-hydroxylation sites is 1. The highest BCUT2D eigenvalue weighted by Crippen LogP contribution is 2.29. The van der Waals surface area contributed by atoms with E-state index in [1.54, 1.807) is 0 Å². The molecule has 3 nitrogen and oxygen atoms in total. The quantitative estimate of drug-likeness (QED) is 0.935. The summed E-state index contributed by atoms with van der Waals surface area (Å²) < 4.78 is 0. The van der Waals surface area contributed by atoms with Crippen molar-refractivity contribution in [2.24, 2.45) is 5.73 Å². The molecule has 2 N–H and O–H groups in total. The summed E-state index contributed by atoms with van der Waals surface area (Å²) in [4.78, 5) is 7.41. The van der Waals surface area contributed by atoms with Crippen molar-refractivity contribution in [3.8, 4) is 0 Å². The minimum Gasteiger partial charge on any atom is -0.354 e. The number of nitrogens with zero attached hydrogens (tertiary/aromatic N) is 2. The molecule has 1 aromatic carbocycles. The molecule has 1 aromatic heterocycles. The van der Waals surface area contributed by atoms with Gasteiger partial charge >= 0.3 is 0 Å². The number of hydrogen-bond donors (Lipinski definition) is 1. The Bertz CT molecular complexity index is 615. The van der Waals surface area contributed by atoms with Crippen molar-refractivity contribution in [3.63, 3.8) is 0 Å². The Kier molecular flexibility index (Phi) is 4.11. The van der Waals surface area contributed by atoms with Crippen LogP contribution in [0.5, 0.6) is 0 Å². The number of fused-ring (bicyclic) bond motifs is 1. The summed E-state index contributed by atoms with van der Waals surface area (Å²) in [7, 11) is 0. The Labute approximate surface area is 127 Å². The molecule has 0 unspecified atom stereocenters. The van der Waals surface area contributed by atoms with Crippen LogP contribution in [0.3, 0.4) is 0 Å². The van der Waals surface area contributed by atoms with Crippen molar-refractivity contribution in [3.05, 3.63) is 35.9 Å². The van der Waals surface area contributed by atoms with Crippen LogP contribution >= 0.6 is 0 Å². The lowest BCUT2D eigenvalue weighted by atomic mass is 9.90. The number of hydrogen-bond acceptors (Lipinski definition) is 3. The average Bonchev–Trinajstić information content (AvgIpc) is 2.50. The first-order valence-corrected chi connectivity index (χ1v) is 8.07. The smallest absolute Gasteiger partial charge is 0.132 e. The van der Waals surface area contributed by atoms with E-state index in [0.717, 1.165) is 30.7 Å². The molecule has 0 saturated heterocycles. The zero-order chi connectivity index (χ0) is 14.8. The molecule has 1 fully saturated rings. The SMILES string of the molecule is CCN(c1nc2ccccc2cc1C)C1CCC(N)CC1. The van der Waals surface area contributed by atoms with Gasteiger partial charge in [0, 0.05) is 24.0 Å². The standard InChI is InChI=1S/C18H25N3/c1-3-21(16-10-8-15(19)9-11-16)18-13(2)12-14-6-4-5-7-17(14)20-18/h4-7,12,15-16H,3,8-11,19H2,1-2H3. The van der Waals surface area contributed by atoms with E-state index in [0.29, 0.717) is 12.1 Å². The molecule has 1 heterocycles. The Morgan fingerprint density at radius 2 is 1.90 bits per heavy atom. The summed E-state index contributed by atoms with van der Waals surface area (Å²) in [5.74, 6) is 1.15. The number of nitrogens with two attached hydrogens (primary N) is 1. The van der Waals surface area contributed by atoms with Crippen molar-refractivity contribution < 1.29 is 0 Å². The lowest BCUT2D eigenvalue weighted by Crippen LogP contribution is -2.41. The van der Waals surface area contributed by atoms with Crippen LogP contribution in [0.4, 0.5) is 5.82 Å². The summed E-state index contributed by atoms with van der Waals surface area (Å²) in [6, 6.07) is 11.6. The van der Waals surface area contributed by atoms with Crippen LogP contribution < -0.4 is 10.6 Å². The van der Waals surface area contributed by atoms with Crippen LogP contribution in [0.1, 0.15) is 38.2 Å². The summed E-state index contributed by atoms with van der Waals surface area (Å²) in [6.45, 7) is 5.41. The van der Waals surface area contributed by atoms with Gasteiger partial charge in [0.05, 0.1) is 5.52 Å². The number of pyridine rings is 1. The van der Waals surface area contributed by atoms with Gasteiger partial charge in [0.15, 0.2) is 0 Å². The van der Waals surface area contributed by atoms with E-state index in [2.05, 4.69) is 49.1 Å². The number of rotatable bonds is 3. The van der Waals surface area contributed by atoms with Gasteiger partial charge in [-0.25, -0.2) is 4.98 Å². The largest absolute Gasteiger partial charge is 0.354 e. The van der Waals surface area contributed by atoms with Crippen LogP contribution in [0.25, 0.3) is 10.9 Å². The third-order valence-electron chi connectivity index (χ3n) is 4.68. The fourth-order valence-electron chi connectivity index (χ4n) is 3.50. The van der Waals surface area contributed by atoms with Gasteiger partial charge in [0.1, 0.15) is 5.82 Å². The first-order valence-electron chi connectivity index (χ1n) is 8.07. The molecule has 0 radical (unpaired) electrons. The van der Waals surface area contributed by atoms with Crippen molar-refractivity contribution in [1.29, 1.82) is 0 Å². The van der Waals surface area contributed by atoms with Gasteiger partial charge in [-0.05, 0) is 57.2 Å². The first-order chi connectivity index (χ1) is 10.2. The summed E-state index contributed by atoms with van der Waals surface area (Å²) in [5, 5.41) is 1.22. The van der Waals surface area contributed by atoms with Gasteiger partial charge in [-0.3, -0.25) is 0 Å². The maximum Gasteiger partial charge on any atom is 0.132 e. The molecule has 3 heteroatoms. The zero-order valence-corrected chi connectivity index (χ0v) is 13.0. The fraction of sp³-hybridized carbons (Fsp3) is 0.500. The molecule has 21 heavy (non-hydrogen) atoms. The second kappa shape index (κ2) is 6.02. The summed E-state index contributed by atoms with van der Waals surface area (Å²) >= 11 is 0. The normalized spacial score (nSPS) is 22.4. The van der Waals surface area contributed by atoms with E-state index in [1.807, 2.05) is 0 Å². The zero-order valence-electron chi connectivity index (χ0n) is 13.0. The van der Waals surface area contributed by atoms with E-state index in [9.17, 15) is 0 Å². The maximum atomic E-state index is 6.05. The maximum absolute atomic E-state index is 6.05. The van der Waals surface area contributed by atoms with E-state index in [-0.39, 0.29) is 0 Å². The highest BCUT2D eigenvalue weighted by atomic mass is 15.2. The van der Waals surface area contributed by atoms with Gasteiger partial charge in [-0.15, -0.1) is 0 Å². The molecule has 1 saturated carbocycles. The van der Waals surface area contributed by atoms with Crippen LogP contribution in [0.15, 0.2) is 30.3 Å². The first kappa shape index (κ1) is 14.3. The van der Waals surface area contributed by atoms with E-state index in [4.69, 9.17) is 10.7 Å². The Morgan fingerprint density at radius 1 is 1.19 bits per heavy atom. The molecule has 2 aromatic rings. The number of aryl methyl sites for hydroxylation is 1. The van der Waals surface area contributed by atoms with E-state index < -0.39 is 0 Å². The van der Waals surface area contributed by atoms with Crippen LogP contribution in [0, 0.1) is 6.92 Å². The topological polar surface area (TPSA) is 42.2 Å². The van der Waals surface area contributed by atoms with Gasteiger partial charge in [-0.1, -0.05) is 18.2 Å². The summed E-state index contributed by atoms with van der Waals surface area (Å²) in [6.07, 6.45) is 4.63. The molecule has 0 spiro atoms. The number of aromatic nitrogens is 1. The van der Waals surface area contributed by atoms with E-state index in [1.165, 1.54) is 23.8 Å². The summed E-state index contributed by atoms with van der Waals surface area (Å²) in [5.41, 5.74) is 8.40. The molecule has 0 bridgehead atoms. The van der Waals surface area contributed by atoms with Gasteiger partial charge in [0.25, 0.3) is 0 Å². The molecule has 112 valence electrons. The molecular formula is C18H25N3. The molecule has 3 rings (SSSR count). The monoisotopic (exact) mass is 283 g/mol. The Hall–Kier alpha value is -1.61. The fourth-order valence-corrected chi connectivity index (χ4v) is 3.50. The van der Waals surface area contributed by atoms with Crippen molar-refractivity contribution in [2.75, 3.05) is 11.4 Å². The van der Waals surface area contributed by atoms with Gasteiger partial charge in [-0.2, -0.15) is 0 Å². The van der Waals surface area contributed by atoms with Crippen molar-refractivity contribution in [2.45, 2.75) is 51.6 Å². The van der Waals surface area contributed by atoms with Crippen LogP contribution in [-0.2, 0) is 0 Å². The predicted octanol–water partition coefficient (Wildman–Crippen LogP) is 3.64. The minimum absolute atomic E-state index is 0.394. The highest BCUT2D eigenvalue weighted by molar-refractivity contribution is 5.81. The van der Waals surface area contributed by atoms with Crippen molar-refractivity contribution >= 4 is 16.7 Å². The van der Waals surface area contributed by atoms with Crippen LogP contribution in [-0.4, -0.2) is 23.6 Å². The average molecular weight is 283 g/mol. The molecule has 1 aliphatic rings. The van der Waals surface area contributed by atoms with Gasteiger partial charge < -0.3 is 10.6 Å².